The summed E-state index contributed by atoms with van der Waals surface area (Å²) in [7, 11) is 0. The fourth-order valence-electron chi connectivity index (χ4n) is 2.44. The highest BCUT2D eigenvalue weighted by Gasteiger charge is 2.22. The van der Waals surface area contributed by atoms with Crippen LogP contribution >= 0.6 is 0 Å². The van der Waals surface area contributed by atoms with Gasteiger partial charge in [-0.25, -0.2) is 9.18 Å². The Hall–Kier alpha value is -3.01. The van der Waals surface area contributed by atoms with Gasteiger partial charge in [-0.05, 0) is 24.3 Å². The molecular weight excluding hydrogens is 337 g/mol. The molecule has 0 atom stereocenters. The summed E-state index contributed by atoms with van der Waals surface area (Å²) >= 11 is 0. The third-order valence-corrected chi connectivity index (χ3v) is 3.95. The number of hydrogen-bond donors (Lipinski definition) is 0. The average molecular weight is 353 g/mol. The minimum absolute atomic E-state index is 0.0324. The highest BCUT2D eigenvalue weighted by Crippen LogP contribution is 2.26. The molecule has 1 fully saturated rings. The molecule has 0 radical (unpaired) electrons. The molecule has 0 saturated carbocycles. The summed E-state index contributed by atoms with van der Waals surface area (Å²) in [6.07, 6.45) is 1.31. The van der Waals surface area contributed by atoms with E-state index in [1.54, 1.807) is 36.4 Å². The highest BCUT2D eigenvalue weighted by molar-refractivity contribution is 5.91. The highest BCUT2D eigenvalue weighted by atomic mass is 19.1. The van der Waals surface area contributed by atoms with E-state index >= 15 is 0 Å². The van der Waals surface area contributed by atoms with Crippen LogP contribution in [0.1, 0.15) is 27.8 Å². The predicted octanol–water partition coefficient (Wildman–Crippen LogP) is 3.76. The number of carbonyl (C=O) groups excluding carboxylic acids is 1. The standard InChI is InChI=1S/C20H16FNO4/c1-2-13-11-24-20(25-12-13)15-5-3-14(4-6-15)19(23)26-17-8-7-16(10-22)18(21)9-17/h2-9,13,20H,1,11-12H2. The fraction of sp³-hybridized carbons (Fsp3) is 0.200. The first-order valence-corrected chi connectivity index (χ1v) is 7.98. The Balaban J connectivity index is 1.65. The van der Waals surface area contributed by atoms with Gasteiger partial charge in [-0.15, -0.1) is 6.58 Å². The van der Waals surface area contributed by atoms with Gasteiger partial charge in [0.25, 0.3) is 0 Å². The maximum absolute atomic E-state index is 13.6. The number of nitrogens with zero attached hydrogens (tertiary/aromatic N) is 1. The Morgan fingerprint density at radius 3 is 2.50 bits per heavy atom. The summed E-state index contributed by atoms with van der Waals surface area (Å²) in [5.41, 5.74) is 0.979. The third kappa shape index (κ3) is 3.97. The Morgan fingerprint density at radius 2 is 1.92 bits per heavy atom. The molecular formula is C20H16FNO4. The van der Waals surface area contributed by atoms with Crippen LogP contribution in [-0.2, 0) is 9.47 Å². The number of ether oxygens (including phenoxy) is 3. The van der Waals surface area contributed by atoms with Crippen LogP contribution in [0.15, 0.2) is 55.1 Å². The van der Waals surface area contributed by atoms with Gasteiger partial charge in [0.15, 0.2) is 6.29 Å². The Morgan fingerprint density at radius 1 is 1.23 bits per heavy atom. The molecule has 1 heterocycles. The topological polar surface area (TPSA) is 68.5 Å². The van der Waals surface area contributed by atoms with Crippen molar-refractivity contribution in [2.45, 2.75) is 6.29 Å². The Bertz CT molecular complexity index is 849. The van der Waals surface area contributed by atoms with Gasteiger partial charge < -0.3 is 14.2 Å². The van der Waals surface area contributed by atoms with E-state index in [0.29, 0.717) is 18.8 Å². The van der Waals surface area contributed by atoms with E-state index in [0.717, 1.165) is 11.6 Å². The van der Waals surface area contributed by atoms with Crippen LogP contribution in [0.5, 0.6) is 5.75 Å². The Kier molecular flexibility index (Phi) is 5.42. The first kappa shape index (κ1) is 17.8. The first-order valence-electron chi connectivity index (χ1n) is 7.98. The lowest BCUT2D eigenvalue weighted by Gasteiger charge is -2.28. The van der Waals surface area contributed by atoms with Crippen LogP contribution in [-0.4, -0.2) is 19.2 Å². The second-order valence-corrected chi connectivity index (χ2v) is 5.76. The molecule has 0 spiro atoms. The van der Waals surface area contributed by atoms with Crippen LogP contribution in [0.3, 0.4) is 0 Å². The van der Waals surface area contributed by atoms with Crippen molar-refractivity contribution in [3.8, 4) is 11.8 Å². The second kappa shape index (κ2) is 7.91. The van der Waals surface area contributed by atoms with Crippen molar-refractivity contribution in [3.05, 3.63) is 77.6 Å². The summed E-state index contributed by atoms with van der Waals surface area (Å²) < 4.78 is 29.9. The third-order valence-electron chi connectivity index (χ3n) is 3.95. The zero-order valence-electron chi connectivity index (χ0n) is 13.9. The summed E-state index contributed by atoms with van der Waals surface area (Å²) in [6.45, 7) is 4.77. The smallest absolute Gasteiger partial charge is 0.343 e. The molecule has 1 saturated heterocycles. The van der Waals surface area contributed by atoms with Crippen molar-refractivity contribution in [3.63, 3.8) is 0 Å². The molecule has 26 heavy (non-hydrogen) atoms. The number of halogens is 1. The van der Waals surface area contributed by atoms with Crippen molar-refractivity contribution < 1.29 is 23.4 Å². The van der Waals surface area contributed by atoms with Crippen LogP contribution in [0.2, 0.25) is 0 Å². The predicted molar refractivity (Wildman–Crippen MR) is 90.8 cm³/mol. The molecule has 6 heteroatoms. The van der Waals surface area contributed by atoms with Gasteiger partial charge in [0.05, 0.1) is 24.3 Å². The molecule has 132 valence electrons. The molecule has 1 aliphatic heterocycles. The molecule has 2 aromatic rings. The molecule has 1 aliphatic rings. The number of esters is 1. The number of rotatable bonds is 4. The lowest BCUT2D eigenvalue weighted by Crippen LogP contribution is -2.25. The van der Waals surface area contributed by atoms with Crippen molar-refractivity contribution in [1.82, 2.24) is 0 Å². The molecule has 0 amide bonds. The quantitative estimate of drug-likeness (QED) is 0.475. The Labute approximate surface area is 150 Å². The number of nitriles is 1. The summed E-state index contributed by atoms with van der Waals surface area (Å²) in [6, 6.07) is 11.9. The van der Waals surface area contributed by atoms with Crippen LogP contribution in [0.25, 0.3) is 0 Å². The van der Waals surface area contributed by atoms with E-state index in [1.165, 1.54) is 12.1 Å². The maximum atomic E-state index is 13.6. The zero-order chi connectivity index (χ0) is 18.5. The monoisotopic (exact) mass is 353 g/mol. The molecule has 0 N–H and O–H groups in total. The molecule has 3 rings (SSSR count). The average Bonchev–Trinajstić information content (AvgIpc) is 2.68. The van der Waals surface area contributed by atoms with E-state index in [4.69, 9.17) is 19.5 Å². The first-order chi connectivity index (χ1) is 12.6. The van der Waals surface area contributed by atoms with E-state index in [1.807, 2.05) is 0 Å². The summed E-state index contributed by atoms with van der Waals surface area (Å²) in [5, 5.41) is 8.71. The summed E-state index contributed by atoms with van der Waals surface area (Å²) in [4.78, 5) is 12.2. The van der Waals surface area contributed by atoms with Gasteiger partial charge in [0, 0.05) is 17.5 Å². The van der Waals surface area contributed by atoms with Gasteiger partial charge in [-0.1, -0.05) is 18.2 Å². The maximum Gasteiger partial charge on any atom is 0.343 e. The van der Waals surface area contributed by atoms with E-state index in [-0.39, 0.29) is 17.2 Å². The van der Waals surface area contributed by atoms with Crippen molar-refractivity contribution in [2.24, 2.45) is 5.92 Å². The molecule has 0 bridgehead atoms. The SMILES string of the molecule is C=CC1COC(c2ccc(C(=O)Oc3ccc(C#N)c(F)c3)cc2)OC1. The number of carbonyl (C=O) groups is 1. The second-order valence-electron chi connectivity index (χ2n) is 5.76. The van der Waals surface area contributed by atoms with Gasteiger partial charge in [-0.3, -0.25) is 0 Å². The van der Waals surface area contributed by atoms with Crippen LogP contribution < -0.4 is 4.74 Å². The molecule has 0 aromatic heterocycles. The largest absolute Gasteiger partial charge is 0.423 e. The fourth-order valence-corrected chi connectivity index (χ4v) is 2.44. The van der Waals surface area contributed by atoms with Gasteiger partial charge in [0.1, 0.15) is 17.6 Å². The minimum Gasteiger partial charge on any atom is -0.423 e. The van der Waals surface area contributed by atoms with E-state index in [9.17, 15) is 9.18 Å². The minimum atomic E-state index is -0.738. The van der Waals surface area contributed by atoms with Gasteiger partial charge >= 0.3 is 5.97 Å². The zero-order valence-corrected chi connectivity index (χ0v) is 13.9. The van der Waals surface area contributed by atoms with Gasteiger partial charge in [0.2, 0.25) is 0 Å². The molecule has 0 unspecified atom stereocenters. The van der Waals surface area contributed by atoms with Crippen LogP contribution in [0, 0.1) is 23.1 Å². The van der Waals surface area contributed by atoms with Crippen molar-refractivity contribution in [2.75, 3.05) is 13.2 Å². The molecule has 0 aliphatic carbocycles. The van der Waals surface area contributed by atoms with Crippen LogP contribution in [0.4, 0.5) is 4.39 Å². The lowest BCUT2D eigenvalue weighted by molar-refractivity contribution is -0.197. The molecule has 5 nitrogen and oxygen atoms in total. The van der Waals surface area contributed by atoms with Gasteiger partial charge in [-0.2, -0.15) is 5.26 Å². The molecule has 2 aromatic carbocycles. The van der Waals surface area contributed by atoms with E-state index < -0.39 is 18.1 Å². The normalized spacial score (nSPS) is 19.4. The number of hydrogen-bond acceptors (Lipinski definition) is 5. The van der Waals surface area contributed by atoms with E-state index in [2.05, 4.69) is 6.58 Å². The summed E-state index contributed by atoms with van der Waals surface area (Å²) in [5.74, 6) is -1.16. The lowest BCUT2D eigenvalue weighted by atomic mass is 10.1. The van der Waals surface area contributed by atoms with Crippen molar-refractivity contribution >= 4 is 5.97 Å². The van der Waals surface area contributed by atoms with Crippen molar-refractivity contribution in [1.29, 1.82) is 5.26 Å². The number of benzene rings is 2.